The van der Waals surface area contributed by atoms with Gasteiger partial charge in [0.15, 0.2) is 11.6 Å². The van der Waals surface area contributed by atoms with Crippen molar-refractivity contribution in [3.05, 3.63) is 156 Å². The average molecular weight is 607 g/mol. The molecule has 0 atom stereocenters. The van der Waals surface area contributed by atoms with Crippen LogP contribution >= 0.6 is 0 Å². The minimum atomic E-state index is -3.64. The van der Waals surface area contributed by atoms with Crippen LogP contribution in [0.5, 0.6) is 0 Å². The summed E-state index contributed by atoms with van der Waals surface area (Å²) in [6.45, 7) is -7.28. The monoisotopic (exact) mass is 606 g/mol. The fourth-order valence-corrected chi connectivity index (χ4v) is 5.93. The van der Waals surface area contributed by atoms with Gasteiger partial charge in [0.05, 0.1) is 24.7 Å². The Bertz CT molecular complexity index is 3180. The highest BCUT2D eigenvalue weighted by Crippen LogP contribution is 2.50. The van der Waals surface area contributed by atoms with Gasteiger partial charge in [0, 0.05) is 35.5 Å². The Morgan fingerprint density at radius 2 is 1.15 bits per heavy atom. The minimum Gasteiger partial charge on any atom is -0.278 e. The van der Waals surface area contributed by atoms with Crippen molar-refractivity contribution in [3.63, 3.8) is 0 Å². The molecule has 0 N–H and O–H groups in total. The summed E-state index contributed by atoms with van der Waals surface area (Å²) >= 11 is 0. The zero-order valence-corrected chi connectivity index (χ0v) is 23.9. The van der Waals surface area contributed by atoms with Crippen molar-refractivity contribution >= 4 is 21.8 Å². The van der Waals surface area contributed by atoms with Gasteiger partial charge in [-0.15, -0.1) is 0 Å². The van der Waals surface area contributed by atoms with Crippen LogP contribution in [-0.4, -0.2) is 19.5 Å². The number of para-hydroxylation sites is 1. The molecule has 8 aromatic rings. The van der Waals surface area contributed by atoms with E-state index >= 15 is 0 Å². The van der Waals surface area contributed by atoms with Crippen LogP contribution in [0.3, 0.4) is 0 Å². The normalized spacial score (nSPS) is 18.7. The van der Waals surface area contributed by atoms with E-state index < -0.39 is 107 Å². The summed E-state index contributed by atoms with van der Waals surface area (Å²) in [5.74, 6) is -0.159. The van der Waals surface area contributed by atoms with Crippen molar-refractivity contribution in [1.82, 2.24) is 19.5 Å². The summed E-state index contributed by atoms with van der Waals surface area (Å²) in [6, 6.07) is 17.7. The molecule has 1 aliphatic carbocycles. The Balaban J connectivity index is 1.49. The number of aromatic nitrogens is 4. The number of nitrogens with zero attached hydrogens (tertiary/aromatic N) is 4. The molecule has 46 heavy (non-hydrogen) atoms. The van der Waals surface area contributed by atoms with Crippen LogP contribution < -0.4 is 0 Å². The third kappa shape index (κ3) is 4.04. The third-order valence-corrected chi connectivity index (χ3v) is 8.14. The van der Waals surface area contributed by atoms with E-state index in [9.17, 15) is 4.11 Å². The van der Waals surface area contributed by atoms with Gasteiger partial charge in [0.25, 0.3) is 0 Å². The first kappa shape index (κ1) is 14.9. The summed E-state index contributed by atoms with van der Waals surface area (Å²) in [6.07, 6.45) is 0. The molecule has 0 radical (unpaired) electrons. The van der Waals surface area contributed by atoms with E-state index in [2.05, 4.69) is 0 Å². The van der Waals surface area contributed by atoms with Crippen LogP contribution in [0.25, 0.3) is 72.8 Å². The molecule has 2 heterocycles. The van der Waals surface area contributed by atoms with Crippen molar-refractivity contribution in [2.75, 3.05) is 0 Å². The Hall–Kier alpha value is -5.87. The standard InChI is InChI=1S/C42H30N4/c1-42(2)35-19-11-9-17-31(35)33-25-34-32-18-10-12-20-37(32)46(38(34)26-36(33)42)41-44-39(29-15-7-4-8-16-29)43-40(45-41)30-23-21-28(22-24-30)27-13-5-3-6-14-27/h3-26H,1-2H3/i1D3,2D3,9D,10D,11D,12D,17D,18D,19D,20D,25D,26D. The summed E-state index contributed by atoms with van der Waals surface area (Å²) in [7, 11) is 0. The highest BCUT2D eigenvalue weighted by molar-refractivity contribution is 6.11. The molecule has 0 fully saturated rings. The number of fused-ring (bicyclic) bond motifs is 6. The molecule has 6 aromatic carbocycles. The van der Waals surface area contributed by atoms with Gasteiger partial charge in [0.2, 0.25) is 5.95 Å². The van der Waals surface area contributed by atoms with E-state index in [-0.39, 0.29) is 33.9 Å². The largest absolute Gasteiger partial charge is 0.278 e. The van der Waals surface area contributed by atoms with Gasteiger partial charge in [0.1, 0.15) is 0 Å². The lowest BCUT2D eigenvalue weighted by molar-refractivity contribution is 0.661. The fraction of sp³-hybridized carbons (Fsp3) is 0.0714. The van der Waals surface area contributed by atoms with Crippen LogP contribution in [-0.2, 0) is 5.41 Å². The van der Waals surface area contributed by atoms with E-state index in [1.54, 1.807) is 42.5 Å². The smallest absolute Gasteiger partial charge is 0.238 e. The molecular weight excluding hydrogens is 560 g/mol. The molecule has 4 nitrogen and oxygen atoms in total. The SMILES string of the molecule is [2H]c1c([2H])c([2H])c2c(c1[2H])-c1c(c([2H])c3c(c1[2H])c1c([2H])c([2H])c([2H])c([2H])c1n3-c1nc(-c3ccccc3)nc(-c3ccc(-c4ccccc4)cc3)n1)C2(C([2H])([2H])[2H])C([2H])([2H])[2H]. The van der Waals surface area contributed by atoms with Crippen molar-refractivity contribution < 1.29 is 21.9 Å². The van der Waals surface area contributed by atoms with E-state index in [0.29, 0.717) is 11.1 Å². The van der Waals surface area contributed by atoms with Gasteiger partial charge in [-0.05, 0) is 51.5 Å². The van der Waals surface area contributed by atoms with Crippen LogP contribution in [0.4, 0.5) is 0 Å². The van der Waals surface area contributed by atoms with Gasteiger partial charge in [-0.25, -0.2) is 4.98 Å². The molecule has 0 spiro atoms. The molecule has 0 bridgehead atoms. The topological polar surface area (TPSA) is 43.6 Å². The second-order valence-corrected chi connectivity index (χ2v) is 10.9. The van der Waals surface area contributed by atoms with Crippen LogP contribution in [0.2, 0.25) is 0 Å². The minimum absolute atomic E-state index is 0.0819. The van der Waals surface area contributed by atoms with Crippen molar-refractivity contribution in [3.8, 4) is 51.0 Å². The van der Waals surface area contributed by atoms with E-state index in [4.69, 9.17) is 32.8 Å². The highest BCUT2D eigenvalue weighted by Gasteiger charge is 2.36. The van der Waals surface area contributed by atoms with Gasteiger partial charge in [-0.3, -0.25) is 4.57 Å². The number of hydrogen-bond acceptors (Lipinski definition) is 3. The van der Waals surface area contributed by atoms with Crippen molar-refractivity contribution in [2.24, 2.45) is 0 Å². The first-order chi connectivity index (χ1) is 29.2. The molecule has 218 valence electrons. The predicted octanol–water partition coefficient (Wildman–Crippen LogP) is 10.3. The Kier molecular flexibility index (Phi) is 3.27. The molecule has 9 rings (SSSR count). The van der Waals surface area contributed by atoms with Crippen LogP contribution in [0, 0.1) is 0 Å². The van der Waals surface area contributed by atoms with Crippen LogP contribution in [0.1, 0.15) is 46.8 Å². The maximum absolute atomic E-state index is 9.96. The third-order valence-electron chi connectivity index (χ3n) is 8.14. The average Bonchev–Trinajstić information content (AvgIpc) is 3.81. The second-order valence-electron chi connectivity index (χ2n) is 10.9. The zero-order chi connectivity index (χ0) is 44.5. The predicted molar refractivity (Wildman–Crippen MR) is 188 cm³/mol. The molecule has 4 heteroatoms. The Labute approximate surface area is 290 Å². The quantitative estimate of drug-likeness (QED) is 0.200. The molecule has 0 unspecified atom stereocenters. The zero-order valence-electron chi connectivity index (χ0n) is 39.9. The maximum atomic E-state index is 9.96. The summed E-state index contributed by atoms with van der Waals surface area (Å²) in [4.78, 5) is 14.3. The van der Waals surface area contributed by atoms with Gasteiger partial charge in [-0.1, -0.05) is 141 Å². The lowest BCUT2D eigenvalue weighted by atomic mass is 9.82. The lowest BCUT2D eigenvalue weighted by Gasteiger charge is -2.21. The molecule has 0 aliphatic heterocycles. The Morgan fingerprint density at radius 3 is 1.89 bits per heavy atom. The second kappa shape index (κ2) is 10.1. The van der Waals surface area contributed by atoms with Gasteiger partial charge in [-0.2, -0.15) is 9.97 Å². The van der Waals surface area contributed by atoms with E-state index in [0.717, 1.165) is 15.7 Å². The first-order valence-corrected chi connectivity index (χ1v) is 14.4. The summed E-state index contributed by atoms with van der Waals surface area (Å²) in [5, 5.41) is -0.665. The fourth-order valence-electron chi connectivity index (χ4n) is 5.93. The van der Waals surface area contributed by atoms with Crippen molar-refractivity contribution in [1.29, 1.82) is 0 Å². The van der Waals surface area contributed by atoms with Crippen molar-refractivity contribution in [2.45, 2.75) is 19.1 Å². The molecular formula is C42H30N4. The molecule has 0 saturated heterocycles. The summed E-state index contributed by atoms with van der Waals surface area (Å²) < 4.78 is 145. The highest BCUT2D eigenvalue weighted by atomic mass is 15.2. The summed E-state index contributed by atoms with van der Waals surface area (Å²) in [5.41, 5.74) is -4.10. The van der Waals surface area contributed by atoms with E-state index in [1.165, 1.54) is 0 Å². The van der Waals surface area contributed by atoms with E-state index in [1.807, 2.05) is 42.5 Å². The lowest BCUT2D eigenvalue weighted by Crippen LogP contribution is -2.15. The van der Waals surface area contributed by atoms with Gasteiger partial charge >= 0.3 is 0 Å². The number of hydrogen-bond donors (Lipinski definition) is 0. The van der Waals surface area contributed by atoms with Crippen LogP contribution in [0.15, 0.2) is 145 Å². The number of rotatable bonds is 4. The molecule has 0 amide bonds. The number of benzene rings is 6. The first-order valence-electron chi connectivity index (χ1n) is 22.4. The molecule has 1 aliphatic rings. The molecule has 2 aromatic heterocycles. The Morgan fingerprint density at radius 1 is 0.543 bits per heavy atom. The van der Waals surface area contributed by atoms with Gasteiger partial charge < -0.3 is 0 Å². The molecule has 0 saturated carbocycles. The maximum Gasteiger partial charge on any atom is 0.238 e.